The van der Waals surface area contributed by atoms with Crippen molar-refractivity contribution >= 4 is 40.5 Å². The normalized spacial score (nSPS) is 10.9. The van der Waals surface area contributed by atoms with Gasteiger partial charge in [-0.1, -0.05) is 23.7 Å². The SMILES string of the molecule is COc1ccc(Nc2nccc(-c3c(NC(=O)c4c(F)cccc4F)nn4ccccc34)n2)cc1Cl. The quantitative estimate of drug-likeness (QED) is 0.305. The van der Waals surface area contributed by atoms with Crippen LogP contribution in [0, 0.1) is 11.6 Å². The van der Waals surface area contributed by atoms with E-state index in [1.165, 1.54) is 23.9 Å². The number of amides is 1. The van der Waals surface area contributed by atoms with Crippen LogP contribution in [0.5, 0.6) is 5.75 Å². The predicted molar refractivity (Wildman–Crippen MR) is 132 cm³/mol. The van der Waals surface area contributed by atoms with Crippen molar-refractivity contribution in [3.8, 4) is 17.0 Å². The maximum absolute atomic E-state index is 14.2. The molecule has 0 aliphatic carbocycles. The van der Waals surface area contributed by atoms with Crippen molar-refractivity contribution in [2.75, 3.05) is 17.7 Å². The summed E-state index contributed by atoms with van der Waals surface area (Å²) < 4.78 is 35.1. The maximum Gasteiger partial charge on any atom is 0.262 e. The summed E-state index contributed by atoms with van der Waals surface area (Å²) >= 11 is 6.21. The van der Waals surface area contributed by atoms with Gasteiger partial charge in [0.2, 0.25) is 5.95 Å². The van der Waals surface area contributed by atoms with Crippen LogP contribution in [0.1, 0.15) is 10.4 Å². The van der Waals surface area contributed by atoms with Crippen LogP contribution >= 0.6 is 11.6 Å². The number of hydrogen-bond donors (Lipinski definition) is 2. The second kappa shape index (κ2) is 9.59. The van der Waals surface area contributed by atoms with Crippen molar-refractivity contribution in [3.63, 3.8) is 0 Å². The number of aromatic nitrogens is 4. The second-order valence-electron chi connectivity index (χ2n) is 7.54. The van der Waals surface area contributed by atoms with Gasteiger partial charge in [-0.3, -0.25) is 4.79 Å². The maximum atomic E-state index is 14.2. The summed E-state index contributed by atoms with van der Waals surface area (Å²) in [7, 11) is 1.52. The Morgan fingerprint density at radius 2 is 1.86 bits per heavy atom. The Hall–Kier alpha value is -4.57. The van der Waals surface area contributed by atoms with E-state index in [0.29, 0.717) is 33.2 Å². The zero-order valence-corrected chi connectivity index (χ0v) is 19.4. The molecule has 0 saturated carbocycles. The zero-order valence-electron chi connectivity index (χ0n) is 18.7. The molecule has 2 aromatic carbocycles. The Morgan fingerprint density at radius 1 is 1.06 bits per heavy atom. The highest BCUT2D eigenvalue weighted by Gasteiger charge is 2.22. The fraction of sp³-hybridized carbons (Fsp3) is 0.0400. The van der Waals surface area contributed by atoms with Gasteiger partial charge in [-0.15, -0.1) is 5.10 Å². The lowest BCUT2D eigenvalue weighted by molar-refractivity contribution is 0.101. The van der Waals surface area contributed by atoms with E-state index < -0.39 is 23.1 Å². The Kier molecular flexibility index (Phi) is 6.17. The Morgan fingerprint density at radius 3 is 2.61 bits per heavy atom. The van der Waals surface area contributed by atoms with Crippen LogP contribution in [0.3, 0.4) is 0 Å². The number of pyridine rings is 1. The Labute approximate surface area is 208 Å². The van der Waals surface area contributed by atoms with Crippen molar-refractivity contribution in [1.29, 1.82) is 0 Å². The topological polar surface area (TPSA) is 93.4 Å². The highest BCUT2D eigenvalue weighted by molar-refractivity contribution is 6.32. The molecule has 0 radical (unpaired) electrons. The highest BCUT2D eigenvalue weighted by Crippen LogP contribution is 2.33. The number of halogens is 3. The molecule has 2 N–H and O–H groups in total. The molecule has 8 nitrogen and oxygen atoms in total. The molecule has 36 heavy (non-hydrogen) atoms. The van der Waals surface area contributed by atoms with E-state index in [1.807, 2.05) is 0 Å². The van der Waals surface area contributed by atoms with Gasteiger partial charge in [0, 0.05) is 18.1 Å². The monoisotopic (exact) mass is 506 g/mol. The van der Waals surface area contributed by atoms with Gasteiger partial charge in [-0.2, -0.15) is 0 Å². The van der Waals surface area contributed by atoms with E-state index in [0.717, 1.165) is 12.1 Å². The molecule has 1 amide bonds. The van der Waals surface area contributed by atoms with Gasteiger partial charge in [0.25, 0.3) is 5.91 Å². The molecule has 5 aromatic rings. The van der Waals surface area contributed by atoms with E-state index in [-0.39, 0.29) is 11.8 Å². The van der Waals surface area contributed by atoms with Gasteiger partial charge in [0.1, 0.15) is 22.9 Å². The van der Waals surface area contributed by atoms with Crippen molar-refractivity contribution in [1.82, 2.24) is 19.6 Å². The highest BCUT2D eigenvalue weighted by atomic mass is 35.5. The van der Waals surface area contributed by atoms with Gasteiger partial charge in [-0.25, -0.2) is 23.3 Å². The predicted octanol–water partition coefficient (Wildman–Crippen LogP) is 5.73. The molecule has 3 aromatic heterocycles. The number of carbonyl (C=O) groups is 1. The fourth-order valence-electron chi connectivity index (χ4n) is 3.65. The first-order valence-electron chi connectivity index (χ1n) is 10.6. The third-order valence-electron chi connectivity index (χ3n) is 5.28. The van der Waals surface area contributed by atoms with Crippen LogP contribution in [-0.2, 0) is 0 Å². The van der Waals surface area contributed by atoms with Crippen LogP contribution in [-0.4, -0.2) is 32.6 Å². The van der Waals surface area contributed by atoms with Gasteiger partial charge in [0.15, 0.2) is 5.82 Å². The molecule has 5 rings (SSSR count). The van der Waals surface area contributed by atoms with Gasteiger partial charge in [-0.05, 0) is 48.5 Å². The minimum atomic E-state index is -0.982. The molecule has 0 fully saturated rings. The summed E-state index contributed by atoms with van der Waals surface area (Å²) in [5.74, 6) is -2.09. The first kappa shape index (κ1) is 23.2. The molecule has 0 aliphatic heterocycles. The average molecular weight is 507 g/mol. The van der Waals surface area contributed by atoms with Crippen LogP contribution in [0.4, 0.5) is 26.2 Å². The summed E-state index contributed by atoms with van der Waals surface area (Å²) in [6.45, 7) is 0. The molecule has 11 heteroatoms. The van der Waals surface area contributed by atoms with Gasteiger partial charge >= 0.3 is 0 Å². The lowest BCUT2D eigenvalue weighted by Gasteiger charge is -2.10. The number of rotatable bonds is 6. The van der Waals surface area contributed by atoms with Crippen molar-refractivity contribution < 1.29 is 18.3 Å². The van der Waals surface area contributed by atoms with E-state index in [4.69, 9.17) is 16.3 Å². The first-order valence-corrected chi connectivity index (χ1v) is 11.0. The van der Waals surface area contributed by atoms with Gasteiger partial charge < -0.3 is 15.4 Å². The number of nitrogens with one attached hydrogen (secondary N) is 2. The lowest BCUT2D eigenvalue weighted by atomic mass is 10.1. The number of carbonyl (C=O) groups excluding carboxylic acids is 1. The zero-order chi connectivity index (χ0) is 25.2. The first-order chi connectivity index (χ1) is 17.4. The number of ether oxygens (including phenoxy) is 1. The summed E-state index contributed by atoms with van der Waals surface area (Å²) in [5, 5.41) is 10.4. The second-order valence-corrected chi connectivity index (χ2v) is 7.95. The largest absolute Gasteiger partial charge is 0.495 e. The van der Waals surface area contributed by atoms with E-state index in [1.54, 1.807) is 48.7 Å². The molecule has 0 bridgehead atoms. The summed E-state index contributed by atoms with van der Waals surface area (Å²) in [6.07, 6.45) is 3.21. The summed E-state index contributed by atoms with van der Waals surface area (Å²) in [6, 6.07) is 15.3. The molecule has 0 spiro atoms. The lowest BCUT2D eigenvalue weighted by Crippen LogP contribution is -2.16. The Balaban J connectivity index is 1.54. The van der Waals surface area contributed by atoms with Gasteiger partial charge in [0.05, 0.1) is 28.9 Å². The molecule has 0 unspecified atom stereocenters. The molecular weight excluding hydrogens is 490 g/mol. The van der Waals surface area contributed by atoms with E-state index in [2.05, 4.69) is 25.7 Å². The van der Waals surface area contributed by atoms with E-state index >= 15 is 0 Å². The standard InChI is InChI=1S/C25H17ClF2N6O2/c1-36-20-9-8-14(13-15(20)26)30-25-29-11-10-18(31-25)22-19-7-2-3-12-34(19)33-23(22)32-24(35)21-16(27)5-4-6-17(21)28/h2-13H,1H3,(H,29,30,31)(H,32,33,35). The molecular formula is C25H17ClF2N6O2. The fourth-order valence-corrected chi connectivity index (χ4v) is 3.91. The van der Waals surface area contributed by atoms with Crippen LogP contribution in [0.25, 0.3) is 16.8 Å². The average Bonchev–Trinajstić information content (AvgIpc) is 3.22. The third-order valence-corrected chi connectivity index (χ3v) is 5.58. The number of nitrogens with zero attached hydrogens (tertiary/aromatic N) is 4. The summed E-state index contributed by atoms with van der Waals surface area (Å²) in [4.78, 5) is 21.6. The van der Waals surface area contributed by atoms with Crippen LogP contribution < -0.4 is 15.4 Å². The molecule has 0 saturated heterocycles. The van der Waals surface area contributed by atoms with Crippen LogP contribution in [0.15, 0.2) is 73.1 Å². The number of fused-ring (bicyclic) bond motifs is 1. The summed E-state index contributed by atoms with van der Waals surface area (Å²) in [5.41, 5.74) is 1.39. The minimum absolute atomic E-state index is 0.0750. The van der Waals surface area contributed by atoms with Crippen LogP contribution in [0.2, 0.25) is 5.02 Å². The number of anilines is 3. The smallest absolute Gasteiger partial charge is 0.262 e. The van der Waals surface area contributed by atoms with Crippen molar-refractivity contribution in [2.45, 2.75) is 0 Å². The van der Waals surface area contributed by atoms with Crippen molar-refractivity contribution in [2.24, 2.45) is 0 Å². The number of methoxy groups -OCH3 is 1. The molecule has 0 aliphatic rings. The molecule has 3 heterocycles. The third kappa shape index (κ3) is 4.41. The number of hydrogen-bond acceptors (Lipinski definition) is 6. The van der Waals surface area contributed by atoms with E-state index in [9.17, 15) is 13.6 Å². The minimum Gasteiger partial charge on any atom is -0.495 e. The van der Waals surface area contributed by atoms with Crippen molar-refractivity contribution in [3.05, 3.63) is 95.3 Å². The number of benzene rings is 2. The molecule has 180 valence electrons. The molecule has 0 atom stereocenters. The Bertz CT molecular complexity index is 1590.